The smallest absolute Gasteiger partial charge is 0.223 e. The lowest BCUT2D eigenvalue weighted by Gasteiger charge is -2.64. The second kappa shape index (κ2) is 5.80. The lowest BCUT2D eigenvalue weighted by Crippen LogP contribution is -2.62. The highest BCUT2D eigenvalue weighted by Crippen LogP contribution is 2.65. The molecule has 26 heavy (non-hydrogen) atoms. The van der Waals surface area contributed by atoms with E-state index in [2.05, 4.69) is 24.3 Å². The van der Waals surface area contributed by atoms with Crippen molar-refractivity contribution in [2.24, 2.45) is 23.2 Å². The van der Waals surface area contributed by atoms with Crippen LogP contribution in [0.2, 0.25) is 0 Å². The Hall–Kier alpha value is -1.39. The van der Waals surface area contributed by atoms with Gasteiger partial charge in [0.25, 0.3) is 0 Å². The molecule has 1 saturated heterocycles. The van der Waals surface area contributed by atoms with Crippen LogP contribution in [0.4, 0.5) is 0 Å². The van der Waals surface area contributed by atoms with Crippen LogP contribution in [0.15, 0.2) is 30.3 Å². The van der Waals surface area contributed by atoms with E-state index in [1.807, 2.05) is 11.0 Å². The lowest BCUT2D eigenvalue weighted by atomic mass is 9.42. The zero-order chi connectivity index (χ0) is 17.9. The van der Waals surface area contributed by atoms with Gasteiger partial charge in [-0.1, -0.05) is 30.3 Å². The molecule has 2 N–H and O–H groups in total. The standard InChI is InChI=1S/C22H29NO3/c24-19-13-23(14-19)20(25)12-22(9-15-4-2-1-3-5-15)17-6-16-7-18(22)11-21(26,8-16)10-17/h1-5,16-19,24,26H,6-14H2. The largest absolute Gasteiger partial charge is 0.390 e. The highest BCUT2D eigenvalue weighted by atomic mass is 16.3. The number of hydrogen-bond donors (Lipinski definition) is 2. The molecule has 4 aliphatic carbocycles. The third-order valence-corrected chi connectivity index (χ3v) is 7.85. The average Bonchev–Trinajstić information content (AvgIpc) is 2.56. The number of nitrogens with zero attached hydrogens (tertiary/aromatic N) is 1. The van der Waals surface area contributed by atoms with Crippen LogP contribution in [0.1, 0.15) is 44.1 Å². The van der Waals surface area contributed by atoms with E-state index in [0.29, 0.717) is 37.3 Å². The lowest BCUT2D eigenvalue weighted by molar-refractivity contribution is -0.198. The first kappa shape index (κ1) is 16.8. The molecular formula is C22H29NO3. The van der Waals surface area contributed by atoms with Crippen molar-refractivity contribution in [2.45, 2.75) is 56.7 Å². The van der Waals surface area contributed by atoms with E-state index >= 15 is 0 Å². The zero-order valence-electron chi connectivity index (χ0n) is 15.3. The minimum Gasteiger partial charge on any atom is -0.390 e. The number of likely N-dealkylation sites (tertiary alicyclic amines) is 1. The molecule has 2 unspecified atom stereocenters. The Morgan fingerprint density at radius 1 is 1.08 bits per heavy atom. The first-order valence-corrected chi connectivity index (χ1v) is 10.2. The van der Waals surface area contributed by atoms with E-state index in [9.17, 15) is 15.0 Å². The molecule has 1 heterocycles. The Kier molecular flexibility index (Phi) is 3.74. The first-order valence-electron chi connectivity index (χ1n) is 10.2. The summed E-state index contributed by atoms with van der Waals surface area (Å²) in [4.78, 5) is 14.8. The summed E-state index contributed by atoms with van der Waals surface area (Å²) in [6.07, 6.45) is 6.20. The summed E-state index contributed by atoms with van der Waals surface area (Å²) in [6, 6.07) is 10.6. The molecule has 0 aromatic heterocycles. The summed E-state index contributed by atoms with van der Waals surface area (Å²) < 4.78 is 0. The number of aliphatic hydroxyl groups excluding tert-OH is 1. The van der Waals surface area contributed by atoms with Gasteiger partial charge in [-0.3, -0.25) is 4.79 Å². The Labute approximate surface area is 155 Å². The second-order valence-electron chi connectivity index (χ2n) is 9.59. The van der Waals surface area contributed by atoms with Gasteiger partial charge in [-0.2, -0.15) is 0 Å². The summed E-state index contributed by atoms with van der Waals surface area (Å²) in [7, 11) is 0. The number of amides is 1. The highest BCUT2D eigenvalue weighted by molar-refractivity contribution is 5.78. The summed E-state index contributed by atoms with van der Waals surface area (Å²) in [6.45, 7) is 0.976. The van der Waals surface area contributed by atoms with E-state index in [-0.39, 0.29) is 17.4 Å². The van der Waals surface area contributed by atoms with Crippen LogP contribution in [0, 0.1) is 23.2 Å². The number of benzene rings is 1. The molecule has 4 nitrogen and oxygen atoms in total. The number of hydrogen-bond acceptors (Lipinski definition) is 3. The fraction of sp³-hybridized carbons (Fsp3) is 0.682. The summed E-state index contributed by atoms with van der Waals surface area (Å²) in [5.41, 5.74) is 0.804. The van der Waals surface area contributed by atoms with Crippen molar-refractivity contribution in [3.8, 4) is 0 Å². The first-order chi connectivity index (χ1) is 12.5. The van der Waals surface area contributed by atoms with Gasteiger partial charge in [-0.05, 0) is 67.3 Å². The van der Waals surface area contributed by atoms with Crippen LogP contribution < -0.4 is 0 Å². The van der Waals surface area contributed by atoms with Crippen LogP contribution in [0.5, 0.6) is 0 Å². The van der Waals surface area contributed by atoms with Crippen LogP contribution >= 0.6 is 0 Å². The van der Waals surface area contributed by atoms with Gasteiger partial charge in [0.15, 0.2) is 0 Å². The Bertz CT molecular complexity index is 681. The number of carbonyl (C=O) groups is 1. The molecule has 1 aromatic rings. The van der Waals surface area contributed by atoms with E-state index in [0.717, 1.165) is 25.7 Å². The van der Waals surface area contributed by atoms with Crippen molar-refractivity contribution < 1.29 is 15.0 Å². The third kappa shape index (κ3) is 2.61. The van der Waals surface area contributed by atoms with Crippen molar-refractivity contribution in [2.75, 3.05) is 13.1 Å². The van der Waals surface area contributed by atoms with E-state index < -0.39 is 5.60 Å². The minimum absolute atomic E-state index is 0.0257. The maximum atomic E-state index is 13.0. The molecule has 0 spiro atoms. The van der Waals surface area contributed by atoms with Gasteiger partial charge in [0.05, 0.1) is 11.7 Å². The van der Waals surface area contributed by atoms with Crippen molar-refractivity contribution in [1.29, 1.82) is 0 Å². The average molecular weight is 355 g/mol. The van der Waals surface area contributed by atoms with E-state index in [4.69, 9.17) is 0 Å². The normalized spacial score (nSPS) is 41.3. The molecule has 1 aromatic carbocycles. The molecule has 4 heteroatoms. The molecule has 5 fully saturated rings. The number of aliphatic hydroxyl groups is 2. The fourth-order valence-electron chi connectivity index (χ4n) is 6.82. The Balaban J connectivity index is 1.46. The third-order valence-electron chi connectivity index (χ3n) is 7.85. The number of carbonyl (C=O) groups excluding carboxylic acids is 1. The summed E-state index contributed by atoms with van der Waals surface area (Å²) in [5, 5.41) is 20.6. The van der Waals surface area contributed by atoms with Crippen molar-refractivity contribution >= 4 is 5.91 Å². The van der Waals surface area contributed by atoms with Gasteiger partial charge in [0, 0.05) is 19.5 Å². The van der Waals surface area contributed by atoms with Crippen LogP contribution in [-0.2, 0) is 11.2 Å². The maximum absolute atomic E-state index is 13.0. The SMILES string of the molecule is O=C(CC1(Cc2ccccc2)C2CC3CC1CC(O)(C3)C2)N1CC(O)C1. The van der Waals surface area contributed by atoms with Gasteiger partial charge in [-0.15, -0.1) is 0 Å². The van der Waals surface area contributed by atoms with E-state index in [1.54, 1.807) is 0 Å². The Morgan fingerprint density at radius 2 is 1.73 bits per heavy atom. The number of rotatable bonds is 4. The van der Waals surface area contributed by atoms with Gasteiger partial charge in [0.1, 0.15) is 0 Å². The predicted octanol–water partition coefficient (Wildman–Crippen LogP) is 2.38. The quantitative estimate of drug-likeness (QED) is 0.872. The van der Waals surface area contributed by atoms with Gasteiger partial charge in [-0.25, -0.2) is 0 Å². The molecule has 1 aliphatic heterocycles. The predicted molar refractivity (Wildman–Crippen MR) is 98.3 cm³/mol. The summed E-state index contributed by atoms with van der Waals surface area (Å²) >= 11 is 0. The van der Waals surface area contributed by atoms with Crippen LogP contribution in [0.25, 0.3) is 0 Å². The van der Waals surface area contributed by atoms with Crippen molar-refractivity contribution in [1.82, 2.24) is 4.90 Å². The van der Waals surface area contributed by atoms with Gasteiger partial charge < -0.3 is 15.1 Å². The second-order valence-corrected chi connectivity index (χ2v) is 9.59. The molecule has 0 radical (unpaired) electrons. The molecule has 2 atom stereocenters. The Morgan fingerprint density at radius 3 is 2.31 bits per heavy atom. The van der Waals surface area contributed by atoms with Crippen LogP contribution in [-0.4, -0.2) is 45.8 Å². The molecule has 6 rings (SSSR count). The molecule has 140 valence electrons. The fourth-order valence-corrected chi connectivity index (χ4v) is 6.82. The molecule has 5 aliphatic rings. The zero-order valence-corrected chi connectivity index (χ0v) is 15.3. The maximum Gasteiger partial charge on any atom is 0.223 e. The van der Waals surface area contributed by atoms with Gasteiger partial charge >= 0.3 is 0 Å². The monoisotopic (exact) mass is 355 g/mol. The topological polar surface area (TPSA) is 60.8 Å². The molecule has 4 bridgehead atoms. The summed E-state index contributed by atoms with van der Waals surface area (Å²) in [5.74, 6) is 1.72. The van der Waals surface area contributed by atoms with Crippen molar-refractivity contribution in [3.63, 3.8) is 0 Å². The van der Waals surface area contributed by atoms with E-state index in [1.165, 1.54) is 18.4 Å². The van der Waals surface area contributed by atoms with Gasteiger partial charge in [0.2, 0.25) is 5.91 Å². The van der Waals surface area contributed by atoms with Crippen molar-refractivity contribution in [3.05, 3.63) is 35.9 Å². The molecule has 1 amide bonds. The van der Waals surface area contributed by atoms with Crippen LogP contribution in [0.3, 0.4) is 0 Å². The molecule has 4 saturated carbocycles. The minimum atomic E-state index is -0.479. The molecular weight excluding hydrogens is 326 g/mol. The highest BCUT2D eigenvalue weighted by Gasteiger charge is 2.62. The number of β-amino-alcohol motifs (C(OH)–C–C–N with tert-alkyl or cyclic N) is 1.